The molecule has 0 aromatic heterocycles. The van der Waals surface area contributed by atoms with Crippen LogP contribution in [0.1, 0.15) is 47.0 Å². The predicted octanol–water partition coefficient (Wildman–Crippen LogP) is 3.39. The maximum absolute atomic E-state index is 9.84. The molecule has 78 valence electrons. The third-order valence-electron chi connectivity index (χ3n) is 2.83. The van der Waals surface area contributed by atoms with Gasteiger partial charge in [-0.2, -0.15) is 0 Å². The molecule has 0 fully saturated rings. The van der Waals surface area contributed by atoms with Crippen LogP contribution in [-0.2, 0) is 0 Å². The van der Waals surface area contributed by atoms with Gasteiger partial charge in [-0.15, -0.1) is 6.58 Å². The minimum absolute atomic E-state index is 0.309. The van der Waals surface area contributed by atoms with Crippen LogP contribution in [0.15, 0.2) is 12.7 Å². The lowest BCUT2D eigenvalue weighted by Crippen LogP contribution is -2.29. The second-order valence-corrected chi connectivity index (χ2v) is 4.66. The van der Waals surface area contributed by atoms with E-state index in [2.05, 4.69) is 27.4 Å². The van der Waals surface area contributed by atoms with E-state index >= 15 is 0 Å². The molecule has 1 N–H and O–H groups in total. The van der Waals surface area contributed by atoms with Crippen molar-refractivity contribution in [3.8, 4) is 0 Å². The lowest BCUT2D eigenvalue weighted by molar-refractivity contribution is 0.0492. The molecule has 2 unspecified atom stereocenters. The fourth-order valence-corrected chi connectivity index (χ4v) is 1.33. The zero-order chi connectivity index (χ0) is 10.5. The Morgan fingerprint density at radius 3 is 2.23 bits per heavy atom. The molecule has 0 heterocycles. The zero-order valence-electron chi connectivity index (χ0n) is 9.51. The van der Waals surface area contributed by atoms with Crippen molar-refractivity contribution in [2.45, 2.75) is 52.6 Å². The zero-order valence-corrected chi connectivity index (χ0v) is 9.51. The molecule has 0 radical (unpaired) electrons. The highest BCUT2D eigenvalue weighted by atomic mass is 16.3. The summed E-state index contributed by atoms with van der Waals surface area (Å²) in [6.07, 6.45) is 5.17. The van der Waals surface area contributed by atoms with Gasteiger partial charge in [-0.05, 0) is 25.2 Å². The number of rotatable bonds is 6. The molecule has 0 spiro atoms. The molecule has 0 aromatic rings. The predicted molar refractivity (Wildman–Crippen MR) is 58.7 cm³/mol. The van der Waals surface area contributed by atoms with E-state index in [-0.39, 0.29) is 0 Å². The van der Waals surface area contributed by atoms with Crippen LogP contribution in [0.3, 0.4) is 0 Å². The van der Waals surface area contributed by atoms with Crippen molar-refractivity contribution in [2.75, 3.05) is 0 Å². The van der Waals surface area contributed by atoms with Gasteiger partial charge < -0.3 is 5.11 Å². The molecular weight excluding hydrogens is 160 g/mol. The number of hydrogen-bond donors (Lipinski definition) is 1. The average molecular weight is 184 g/mol. The molecule has 0 aliphatic carbocycles. The summed E-state index contributed by atoms with van der Waals surface area (Å²) in [6.45, 7) is 12.0. The van der Waals surface area contributed by atoms with Crippen LogP contribution in [0.4, 0.5) is 0 Å². The molecule has 0 aliphatic heterocycles. The molecule has 1 heteroatoms. The van der Waals surface area contributed by atoms with Gasteiger partial charge in [0.1, 0.15) is 0 Å². The highest BCUT2D eigenvalue weighted by Gasteiger charge is 2.23. The van der Waals surface area contributed by atoms with Gasteiger partial charge >= 0.3 is 0 Å². The van der Waals surface area contributed by atoms with Crippen LogP contribution in [0.5, 0.6) is 0 Å². The van der Waals surface area contributed by atoms with Crippen molar-refractivity contribution in [2.24, 2.45) is 11.8 Å². The van der Waals surface area contributed by atoms with Crippen molar-refractivity contribution in [3.63, 3.8) is 0 Å². The largest absolute Gasteiger partial charge is 0.386 e. The lowest BCUT2D eigenvalue weighted by atomic mass is 9.86. The molecule has 0 aromatic carbocycles. The van der Waals surface area contributed by atoms with E-state index in [1.165, 1.54) is 12.8 Å². The van der Waals surface area contributed by atoms with E-state index < -0.39 is 5.60 Å². The summed E-state index contributed by atoms with van der Waals surface area (Å²) in [6, 6.07) is 0. The molecule has 2 atom stereocenters. The van der Waals surface area contributed by atoms with Gasteiger partial charge in [0.25, 0.3) is 0 Å². The van der Waals surface area contributed by atoms with Crippen LogP contribution in [0, 0.1) is 11.8 Å². The molecule has 0 bridgehead atoms. The summed E-state index contributed by atoms with van der Waals surface area (Å²) in [7, 11) is 0. The summed E-state index contributed by atoms with van der Waals surface area (Å²) in [5.74, 6) is 1.07. The first-order chi connectivity index (χ1) is 5.90. The fraction of sp³-hybridized carbons (Fsp3) is 0.833. The first kappa shape index (κ1) is 12.7. The minimum Gasteiger partial charge on any atom is -0.386 e. The second kappa shape index (κ2) is 5.43. The third-order valence-corrected chi connectivity index (χ3v) is 2.83. The van der Waals surface area contributed by atoms with E-state index in [0.29, 0.717) is 5.92 Å². The molecule has 0 amide bonds. The van der Waals surface area contributed by atoms with Crippen LogP contribution in [0.2, 0.25) is 0 Å². The Kier molecular flexibility index (Phi) is 5.31. The fourth-order valence-electron chi connectivity index (χ4n) is 1.33. The van der Waals surface area contributed by atoms with Crippen LogP contribution < -0.4 is 0 Å². The molecule has 0 saturated heterocycles. The van der Waals surface area contributed by atoms with Crippen molar-refractivity contribution < 1.29 is 5.11 Å². The first-order valence-electron chi connectivity index (χ1n) is 5.26. The van der Waals surface area contributed by atoms with Gasteiger partial charge in [-0.1, -0.05) is 39.7 Å². The Bertz CT molecular complexity index is 147. The first-order valence-corrected chi connectivity index (χ1v) is 5.26. The highest BCUT2D eigenvalue weighted by Crippen LogP contribution is 2.23. The lowest BCUT2D eigenvalue weighted by Gasteiger charge is -2.26. The van der Waals surface area contributed by atoms with E-state index in [4.69, 9.17) is 0 Å². The van der Waals surface area contributed by atoms with E-state index in [9.17, 15) is 5.11 Å². The Morgan fingerprint density at radius 2 is 1.85 bits per heavy atom. The maximum atomic E-state index is 9.84. The molecule has 13 heavy (non-hydrogen) atoms. The highest BCUT2D eigenvalue weighted by molar-refractivity contribution is 4.95. The monoisotopic (exact) mass is 184 g/mol. The summed E-state index contributed by atoms with van der Waals surface area (Å²) in [5.41, 5.74) is -0.697. The second-order valence-electron chi connectivity index (χ2n) is 4.66. The van der Waals surface area contributed by atoms with Gasteiger partial charge in [-0.25, -0.2) is 0 Å². The number of hydrogen-bond acceptors (Lipinski definition) is 1. The molecule has 0 saturated carbocycles. The van der Waals surface area contributed by atoms with Crippen LogP contribution in [0.25, 0.3) is 0 Å². The van der Waals surface area contributed by atoms with Crippen LogP contribution >= 0.6 is 0 Å². The summed E-state index contributed by atoms with van der Waals surface area (Å²) >= 11 is 0. The van der Waals surface area contributed by atoms with Gasteiger partial charge in [0.2, 0.25) is 0 Å². The quantitative estimate of drug-likeness (QED) is 0.627. The van der Waals surface area contributed by atoms with Crippen molar-refractivity contribution in [1.29, 1.82) is 0 Å². The van der Waals surface area contributed by atoms with Crippen molar-refractivity contribution >= 4 is 0 Å². The third kappa shape index (κ3) is 5.09. The molecule has 0 aliphatic rings. The Balaban J connectivity index is 3.74. The summed E-state index contributed by atoms with van der Waals surface area (Å²) in [5, 5.41) is 9.84. The molecule has 0 rings (SSSR count). The van der Waals surface area contributed by atoms with Gasteiger partial charge in [0.05, 0.1) is 5.60 Å². The smallest absolute Gasteiger partial charge is 0.0822 e. The standard InChI is InChI=1S/C12H24O/c1-6-12(5,13)11(4)9-7-8-10(2)3/h6,10-11,13H,1,7-9H2,2-5H3. The Labute approximate surface area is 82.9 Å². The van der Waals surface area contributed by atoms with E-state index in [1.54, 1.807) is 6.08 Å². The normalized spacial score (nSPS) is 18.3. The summed E-state index contributed by atoms with van der Waals surface area (Å²) in [4.78, 5) is 0. The van der Waals surface area contributed by atoms with Gasteiger partial charge in [0, 0.05) is 0 Å². The molecule has 1 nitrogen and oxygen atoms in total. The summed E-state index contributed by atoms with van der Waals surface area (Å²) < 4.78 is 0. The minimum atomic E-state index is -0.697. The van der Waals surface area contributed by atoms with E-state index in [0.717, 1.165) is 12.3 Å². The maximum Gasteiger partial charge on any atom is 0.0822 e. The Morgan fingerprint density at radius 1 is 1.31 bits per heavy atom. The van der Waals surface area contributed by atoms with Gasteiger partial charge in [-0.3, -0.25) is 0 Å². The van der Waals surface area contributed by atoms with E-state index in [1.807, 2.05) is 6.92 Å². The topological polar surface area (TPSA) is 20.2 Å². The average Bonchev–Trinajstić information content (AvgIpc) is 2.03. The van der Waals surface area contributed by atoms with Crippen LogP contribution in [-0.4, -0.2) is 10.7 Å². The SMILES string of the molecule is C=CC(C)(O)C(C)CCCC(C)C. The van der Waals surface area contributed by atoms with Gasteiger partial charge in [0.15, 0.2) is 0 Å². The Hall–Kier alpha value is -0.300. The van der Waals surface area contributed by atoms with Crippen molar-refractivity contribution in [3.05, 3.63) is 12.7 Å². The van der Waals surface area contributed by atoms with Crippen molar-refractivity contribution in [1.82, 2.24) is 0 Å². The number of aliphatic hydroxyl groups is 1. The molecular formula is C12H24O.